The minimum Gasteiger partial charge on any atom is -0.353 e. The molecule has 0 spiro atoms. The first-order valence-electron chi connectivity index (χ1n) is 6.56. The summed E-state index contributed by atoms with van der Waals surface area (Å²) < 4.78 is 14.5. The van der Waals surface area contributed by atoms with Crippen molar-refractivity contribution in [3.05, 3.63) is 52.6 Å². The van der Waals surface area contributed by atoms with E-state index in [1.165, 1.54) is 22.9 Å². The molecule has 1 N–H and O–H groups in total. The SMILES string of the molecule is O=c1ccc(N2CCNCC2)nn1-c1cccc(F)c1. The average molecular weight is 274 g/mol. The lowest BCUT2D eigenvalue weighted by molar-refractivity contribution is 0.578. The van der Waals surface area contributed by atoms with Crippen molar-refractivity contribution in [3.8, 4) is 5.69 Å². The van der Waals surface area contributed by atoms with Crippen LogP contribution in [0.1, 0.15) is 0 Å². The second kappa shape index (κ2) is 5.42. The van der Waals surface area contributed by atoms with Gasteiger partial charge in [0.05, 0.1) is 5.69 Å². The van der Waals surface area contributed by atoms with Gasteiger partial charge in [0.2, 0.25) is 0 Å². The number of piperazine rings is 1. The third-order valence-corrected chi connectivity index (χ3v) is 3.28. The monoisotopic (exact) mass is 274 g/mol. The van der Waals surface area contributed by atoms with Crippen molar-refractivity contribution in [1.29, 1.82) is 0 Å². The van der Waals surface area contributed by atoms with Crippen LogP contribution >= 0.6 is 0 Å². The summed E-state index contributed by atoms with van der Waals surface area (Å²) in [6.45, 7) is 3.46. The molecule has 0 unspecified atom stereocenters. The molecule has 2 heterocycles. The Hall–Kier alpha value is -2.21. The van der Waals surface area contributed by atoms with E-state index in [2.05, 4.69) is 15.3 Å². The quantitative estimate of drug-likeness (QED) is 0.879. The molecule has 1 aromatic carbocycles. The van der Waals surface area contributed by atoms with Gasteiger partial charge in [0.1, 0.15) is 11.6 Å². The Morgan fingerprint density at radius 2 is 1.95 bits per heavy atom. The van der Waals surface area contributed by atoms with Gasteiger partial charge in [-0.05, 0) is 24.3 Å². The molecule has 0 amide bonds. The van der Waals surface area contributed by atoms with Crippen LogP contribution in [0.25, 0.3) is 5.69 Å². The van der Waals surface area contributed by atoms with E-state index >= 15 is 0 Å². The molecule has 0 bridgehead atoms. The van der Waals surface area contributed by atoms with Crippen LogP contribution in [-0.2, 0) is 0 Å². The molecule has 0 saturated carbocycles. The van der Waals surface area contributed by atoms with Crippen LogP contribution in [0.15, 0.2) is 41.2 Å². The molecule has 1 saturated heterocycles. The highest BCUT2D eigenvalue weighted by Crippen LogP contribution is 2.11. The standard InChI is InChI=1S/C14H15FN4O/c15-11-2-1-3-12(10-11)19-14(20)5-4-13(17-19)18-8-6-16-7-9-18/h1-5,10,16H,6-9H2. The van der Waals surface area contributed by atoms with Crippen molar-refractivity contribution < 1.29 is 4.39 Å². The van der Waals surface area contributed by atoms with Gasteiger partial charge in [-0.3, -0.25) is 4.79 Å². The molecule has 1 aromatic heterocycles. The lowest BCUT2D eigenvalue weighted by atomic mass is 10.3. The largest absolute Gasteiger partial charge is 0.353 e. The topological polar surface area (TPSA) is 50.2 Å². The first-order valence-corrected chi connectivity index (χ1v) is 6.56. The number of rotatable bonds is 2. The van der Waals surface area contributed by atoms with Crippen molar-refractivity contribution in [2.75, 3.05) is 31.1 Å². The highest BCUT2D eigenvalue weighted by atomic mass is 19.1. The third kappa shape index (κ3) is 2.55. The molecule has 5 nitrogen and oxygen atoms in total. The fourth-order valence-electron chi connectivity index (χ4n) is 2.26. The van der Waals surface area contributed by atoms with Gasteiger partial charge in [-0.2, -0.15) is 4.68 Å². The van der Waals surface area contributed by atoms with E-state index in [0.29, 0.717) is 5.69 Å². The molecule has 2 aromatic rings. The van der Waals surface area contributed by atoms with Crippen LogP contribution in [0.4, 0.5) is 10.2 Å². The number of hydrogen-bond acceptors (Lipinski definition) is 4. The Bertz CT molecular complexity index is 664. The van der Waals surface area contributed by atoms with Gasteiger partial charge in [-0.1, -0.05) is 6.07 Å². The first-order chi connectivity index (χ1) is 9.74. The van der Waals surface area contributed by atoms with Gasteiger partial charge in [0.25, 0.3) is 5.56 Å². The zero-order valence-corrected chi connectivity index (χ0v) is 10.9. The lowest BCUT2D eigenvalue weighted by Gasteiger charge is -2.28. The summed E-state index contributed by atoms with van der Waals surface area (Å²) in [7, 11) is 0. The Morgan fingerprint density at radius 1 is 1.15 bits per heavy atom. The smallest absolute Gasteiger partial charge is 0.271 e. The van der Waals surface area contributed by atoms with Crippen LogP contribution in [0, 0.1) is 5.82 Å². The average Bonchev–Trinajstić information content (AvgIpc) is 2.48. The molecule has 1 aliphatic rings. The van der Waals surface area contributed by atoms with Gasteiger partial charge < -0.3 is 10.2 Å². The van der Waals surface area contributed by atoms with Crippen LogP contribution in [-0.4, -0.2) is 36.0 Å². The number of anilines is 1. The Kier molecular flexibility index (Phi) is 3.47. The van der Waals surface area contributed by atoms with Gasteiger partial charge in [-0.25, -0.2) is 4.39 Å². The number of nitrogens with zero attached hydrogens (tertiary/aromatic N) is 3. The Balaban J connectivity index is 2.00. The number of aromatic nitrogens is 2. The predicted molar refractivity (Wildman–Crippen MR) is 74.9 cm³/mol. The highest BCUT2D eigenvalue weighted by molar-refractivity contribution is 5.40. The highest BCUT2D eigenvalue weighted by Gasteiger charge is 2.13. The van der Waals surface area contributed by atoms with Gasteiger partial charge >= 0.3 is 0 Å². The first kappa shape index (κ1) is 12.8. The lowest BCUT2D eigenvalue weighted by Crippen LogP contribution is -2.44. The molecule has 1 fully saturated rings. The molecular formula is C14H15FN4O. The van der Waals surface area contributed by atoms with Crippen molar-refractivity contribution in [2.24, 2.45) is 0 Å². The fourth-order valence-corrected chi connectivity index (χ4v) is 2.26. The van der Waals surface area contributed by atoms with Crippen LogP contribution in [0.2, 0.25) is 0 Å². The Labute approximate surface area is 115 Å². The summed E-state index contributed by atoms with van der Waals surface area (Å²) in [5.74, 6) is 0.346. The number of nitrogens with one attached hydrogen (secondary N) is 1. The maximum Gasteiger partial charge on any atom is 0.271 e. The second-order valence-corrected chi connectivity index (χ2v) is 4.66. The molecule has 0 atom stereocenters. The van der Waals surface area contributed by atoms with Gasteiger partial charge in [-0.15, -0.1) is 5.10 Å². The molecule has 0 aliphatic carbocycles. The maximum atomic E-state index is 13.3. The van der Waals surface area contributed by atoms with E-state index in [1.807, 2.05) is 0 Å². The summed E-state index contributed by atoms with van der Waals surface area (Å²) >= 11 is 0. The third-order valence-electron chi connectivity index (χ3n) is 3.28. The van der Waals surface area contributed by atoms with Crippen LogP contribution in [0.5, 0.6) is 0 Å². The number of benzene rings is 1. The van der Waals surface area contributed by atoms with Crippen molar-refractivity contribution in [3.63, 3.8) is 0 Å². The molecule has 104 valence electrons. The maximum absolute atomic E-state index is 13.3. The molecular weight excluding hydrogens is 259 g/mol. The summed E-state index contributed by atoms with van der Waals surface area (Å²) in [5.41, 5.74) is 0.168. The molecule has 6 heteroatoms. The van der Waals surface area contributed by atoms with E-state index in [9.17, 15) is 9.18 Å². The predicted octanol–water partition coefficient (Wildman–Crippen LogP) is 0.781. The minimum absolute atomic E-state index is 0.269. The molecule has 20 heavy (non-hydrogen) atoms. The van der Waals surface area contributed by atoms with E-state index in [1.54, 1.807) is 18.2 Å². The van der Waals surface area contributed by atoms with Gasteiger partial charge in [0.15, 0.2) is 0 Å². The van der Waals surface area contributed by atoms with Crippen molar-refractivity contribution in [2.45, 2.75) is 0 Å². The van der Waals surface area contributed by atoms with E-state index < -0.39 is 0 Å². The summed E-state index contributed by atoms with van der Waals surface area (Å²) in [6.07, 6.45) is 0. The van der Waals surface area contributed by atoms with Crippen LogP contribution in [0.3, 0.4) is 0 Å². The Morgan fingerprint density at radius 3 is 2.70 bits per heavy atom. The van der Waals surface area contributed by atoms with Crippen molar-refractivity contribution in [1.82, 2.24) is 15.1 Å². The summed E-state index contributed by atoms with van der Waals surface area (Å²) in [6, 6.07) is 9.05. The van der Waals surface area contributed by atoms with Crippen molar-refractivity contribution >= 4 is 5.82 Å². The number of hydrogen-bond donors (Lipinski definition) is 1. The minimum atomic E-state index is -0.385. The second-order valence-electron chi connectivity index (χ2n) is 4.66. The van der Waals surface area contributed by atoms with Gasteiger partial charge in [0, 0.05) is 32.2 Å². The zero-order chi connectivity index (χ0) is 13.9. The molecule has 1 aliphatic heterocycles. The summed E-state index contributed by atoms with van der Waals surface area (Å²) in [5, 5.41) is 7.61. The number of halogens is 1. The van der Waals surface area contributed by atoms with Crippen LogP contribution < -0.4 is 15.8 Å². The normalized spacial score (nSPS) is 15.3. The van der Waals surface area contributed by atoms with E-state index in [-0.39, 0.29) is 11.4 Å². The molecule has 0 radical (unpaired) electrons. The van der Waals surface area contributed by atoms with E-state index in [4.69, 9.17) is 0 Å². The molecule has 3 rings (SSSR count). The zero-order valence-electron chi connectivity index (χ0n) is 10.9. The van der Waals surface area contributed by atoms with E-state index in [0.717, 1.165) is 32.0 Å². The fraction of sp³-hybridized carbons (Fsp3) is 0.286. The summed E-state index contributed by atoms with van der Waals surface area (Å²) in [4.78, 5) is 14.0.